The number of aryl methyl sites for hydroxylation is 1. The molecule has 0 bridgehead atoms. The molecule has 0 aromatic heterocycles. The fourth-order valence-electron chi connectivity index (χ4n) is 2.76. The van der Waals surface area contributed by atoms with Gasteiger partial charge in [-0.3, -0.25) is 0 Å². The highest BCUT2D eigenvalue weighted by molar-refractivity contribution is 9.10. The minimum atomic E-state index is 0.626. The molecule has 3 nitrogen and oxygen atoms in total. The molecule has 1 atom stereocenters. The Bertz CT molecular complexity index is 422. The standard InChI is InChI=1S/C15H24BrN3/c1-12-10-13(5-6-15(12)16)19-8-3-4-14(11-19)18(2)9-7-17/h5-6,10,14H,3-4,7-9,11,17H2,1-2H3. The molecule has 0 spiro atoms. The number of benzene rings is 1. The first-order valence-corrected chi connectivity index (χ1v) is 7.82. The van der Waals surface area contributed by atoms with Gasteiger partial charge in [0.05, 0.1) is 0 Å². The molecular formula is C15H24BrN3. The van der Waals surface area contributed by atoms with Gasteiger partial charge in [-0.25, -0.2) is 0 Å². The van der Waals surface area contributed by atoms with E-state index in [0.717, 1.165) is 26.2 Å². The highest BCUT2D eigenvalue weighted by atomic mass is 79.9. The quantitative estimate of drug-likeness (QED) is 0.923. The van der Waals surface area contributed by atoms with Crippen LogP contribution in [0.2, 0.25) is 0 Å². The van der Waals surface area contributed by atoms with Crippen molar-refractivity contribution in [3.63, 3.8) is 0 Å². The van der Waals surface area contributed by atoms with E-state index in [0.29, 0.717) is 6.04 Å². The van der Waals surface area contributed by atoms with Crippen molar-refractivity contribution >= 4 is 21.6 Å². The summed E-state index contributed by atoms with van der Waals surface area (Å²) in [7, 11) is 2.19. The average Bonchev–Trinajstić information content (AvgIpc) is 2.42. The fraction of sp³-hybridized carbons (Fsp3) is 0.600. The summed E-state index contributed by atoms with van der Waals surface area (Å²) >= 11 is 3.57. The van der Waals surface area contributed by atoms with Crippen LogP contribution in [0.5, 0.6) is 0 Å². The van der Waals surface area contributed by atoms with Crippen molar-refractivity contribution in [2.45, 2.75) is 25.8 Å². The molecule has 1 saturated heterocycles. The lowest BCUT2D eigenvalue weighted by atomic mass is 10.0. The highest BCUT2D eigenvalue weighted by Gasteiger charge is 2.23. The van der Waals surface area contributed by atoms with E-state index in [1.165, 1.54) is 28.6 Å². The minimum absolute atomic E-state index is 0.626. The molecule has 0 saturated carbocycles. The molecule has 0 amide bonds. The molecule has 1 aliphatic heterocycles. The molecule has 2 N–H and O–H groups in total. The van der Waals surface area contributed by atoms with E-state index in [1.54, 1.807) is 0 Å². The highest BCUT2D eigenvalue weighted by Crippen LogP contribution is 2.26. The van der Waals surface area contributed by atoms with Crippen LogP contribution in [0.15, 0.2) is 22.7 Å². The number of nitrogens with zero attached hydrogens (tertiary/aromatic N) is 2. The van der Waals surface area contributed by atoms with Gasteiger partial charge in [0.2, 0.25) is 0 Å². The van der Waals surface area contributed by atoms with Gasteiger partial charge < -0.3 is 15.5 Å². The maximum absolute atomic E-state index is 5.66. The van der Waals surface area contributed by atoms with Crippen molar-refractivity contribution in [2.75, 3.05) is 38.1 Å². The SMILES string of the molecule is Cc1cc(N2CCCC(N(C)CCN)C2)ccc1Br. The first kappa shape index (κ1) is 14.8. The Kier molecular flexibility index (Phi) is 5.25. The molecule has 1 heterocycles. The number of piperidine rings is 1. The molecule has 1 aromatic carbocycles. The monoisotopic (exact) mass is 325 g/mol. The van der Waals surface area contributed by atoms with E-state index in [2.05, 4.69) is 57.9 Å². The number of anilines is 1. The molecule has 19 heavy (non-hydrogen) atoms. The summed E-state index contributed by atoms with van der Waals surface area (Å²) in [6.45, 7) is 6.14. The van der Waals surface area contributed by atoms with Crippen LogP contribution in [0.3, 0.4) is 0 Å². The van der Waals surface area contributed by atoms with Crippen molar-refractivity contribution < 1.29 is 0 Å². The van der Waals surface area contributed by atoms with Crippen molar-refractivity contribution in [1.29, 1.82) is 0 Å². The van der Waals surface area contributed by atoms with Gasteiger partial charge in [0.15, 0.2) is 0 Å². The molecule has 106 valence electrons. The lowest BCUT2D eigenvalue weighted by molar-refractivity contribution is 0.221. The number of hydrogen-bond donors (Lipinski definition) is 1. The van der Waals surface area contributed by atoms with Crippen LogP contribution in [0, 0.1) is 6.92 Å². The van der Waals surface area contributed by atoms with Gasteiger partial charge in [-0.15, -0.1) is 0 Å². The normalized spacial score (nSPS) is 20.1. The molecule has 2 rings (SSSR count). The Labute approximate surface area is 124 Å². The second kappa shape index (κ2) is 6.73. The van der Waals surface area contributed by atoms with Crippen molar-refractivity contribution in [1.82, 2.24) is 4.90 Å². The second-order valence-corrected chi connectivity index (χ2v) is 6.30. The van der Waals surface area contributed by atoms with Crippen molar-refractivity contribution in [3.05, 3.63) is 28.2 Å². The Morgan fingerprint density at radius 1 is 1.47 bits per heavy atom. The lowest BCUT2D eigenvalue weighted by Crippen LogP contribution is -2.47. The van der Waals surface area contributed by atoms with E-state index < -0.39 is 0 Å². The number of nitrogens with two attached hydrogens (primary N) is 1. The molecule has 0 aliphatic carbocycles. The summed E-state index contributed by atoms with van der Waals surface area (Å²) in [5.41, 5.74) is 8.30. The lowest BCUT2D eigenvalue weighted by Gasteiger charge is -2.39. The first-order chi connectivity index (χ1) is 9.11. The van der Waals surface area contributed by atoms with E-state index in [9.17, 15) is 0 Å². The van der Waals surface area contributed by atoms with Gasteiger partial charge in [0.1, 0.15) is 0 Å². The van der Waals surface area contributed by atoms with Crippen LogP contribution < -0.4 is 10.6 Å². The Morgan fingerprint density at radius 2 is 2.26 bits per heavy atom. The molecule has 1 aliphatic rings. The Balaban J connectivity index is 2.06. The molecule has 0 radical (unpaired) electrons. The van der Waals surface area contributed by atoms with Gasteiger partial charge in [-0.05, 0) is 50.6 Å². The van der Waals surface area contributed by atoms with E-state index in [1.807, 2.05) is 0 Å². The zero-order valence-corrected chi connectivity index (χ0v) is 13.5. The molecule has 1 unspecified atom stereocenters. The van der Waals surface area contributed by atoms with Crippen LogP contribution in [-0.2, 0) is 0 Å². The number of rotatable bonds is 4. The second-order valence-electron chi connectivity index (χ2n) is 5.44. The van der Waals surface area contributed by atoms with Crippen LogP contribution >= 0.6 is 15.9 Å². The summed E-state index contributed by atoms with van der Waals surface area (Å²) < 4.78 is 1.19. The van der Waals surface area contributed by atoms with Gasteiger partial charge >= 0.3 is 0 Å². The van der Waals surface area contributed by atoms with Crippen molar-refractivity contribution in [3.8, 4) is 0 Å². The third-order valence-electron chi connectivity index (χ3n) is 4.01. The van der Waals surface area contributed by atoms with Crippen molar-refractivity contribution in [2.24, 2.45) is 5.73 Å². The summed E-state index contributed by atoms with van der Waals surface area (Å²) in [4.78, 5) is 4.90. The summed E-state index contributed by atoms with van der Waals surface area (Å²) in [6.07, 6.45) is 2.54. The summed E-state index contributed by atoms with van der Waals surface area (Å²) in [5, 5.41) is 0. The summed E-state index contributed by atoms with van der Waals surface area (Å²) in [5.74, 6) is 0. The molecule has 1 aromatic rings. The average molecular weight is 326 g/mol. The van der Waals surface area contributed by atoms with E-state index in [-0.39, 0.29) is 0 Å². The third-order valence-corrected chi connectivity index (χ3v) is 4.90. The summed E-state index contributed by atoms with van der Waals surface area (Å²) in [6, 6.07) is 7.26. The smallest absolute Gasteiger partial charge is 0.0370 e. The van der Waals surface area contributed by atoms with Crippen LogP contribution in [0.4, 0.5) is 5.69 Å². The van der Waals surface area contributed by atoms with E-state index in [4.69, 9.17) is 5.73 Å². The fourth-order valence-corrected chi connectivity index (χ4v) is 3.01. The Hall–Kier alpha value is -0.580. The van der Waals surface area contributed by atoms with Gasteiger partial charge in [-0.1, -0.05) is 15.9 Å². The first-order valence-electron chi connectivity index (χ1n) is 7.03. The molecular weight excluding hydrogens is 302 g/mol. The third kappa shape index (κ3) is 3.71. The molecule has 4 heteroatoms. The number of likely N-dealkylation sites (N-methyl/N-ethyl adjacent to an activating group) is 1. The minimum Gasteiger partial charge on any atom is -0.370 e. The van der Waals surface area contributed by atoms with E-state index >= 15 is 0 Å². The number of halogens is 1. The molecule has 1 fully saturated rings. The van der Waals surface area contributed by atoms with Gasteiger partial charge in [-0.2, -0.15) is 0 Å². The van der Waals surface area contributed by atoms with Gasteiger partial charge in [0.25, 0.3) is 0 Å². The number of hydrogen-bond acceptors (Lipinski definition) is 3. The maximum Gasteiger partial charge on any atom is 0.0370 e. The van der Waals surface area contributed by atoms with Gasteiger partial charge in [0, 0.05) is 42.4 Å². The largest absolute Gasteiger partial charge is 0.370 e. The predicted molar refractivity (Wildman–Crippen MR) is 85.8 cm³/mol. The zero-order chi connectivity index (χ0) is 13.8. The van der Waals surface area contributed by atoms with Crippen LogP contribution in [0.25, 0.3) is 0 Å². The topological polar surface area (TPSA) is 32.5 Å². The predicted octanol–water partition coefficient (Wildman–Crippen LogP) is 2.62. The maximum atomic E-state index is 5.66. The van der Waals surface area contributed by atoms with Crippen LogP contribution in [0.1, 0.15) is 18.4 Å². The Morgan fingerprint density at radius 3 is 2.95 bits per heavy atom. The zero-order valence-electron chi connectivity index (χ0n) is 11.9. The van der Waals surface area contributed by atoms with Crippen LogP contribution in [-0.4, -0.2) is 44.2 Å².